The third-order valence-corrected chi connectivity index (χ3v) is 4.15. The van der Waals surface area contributed by atoms with Crippen LogP contribution in [0.4, 0.5) is 4.39 Å². The Morgan fingerprint density at radius 2 is 2.14 bits per heavy atom. The van der Waals surface area contributed by atoms with Crippen LogP contribution in [0.25, 0.3) is 11.1 Å². The zero-order chi connectivity index (χ0) is 15.5. The van der Waals surface area contributed by atoms with Gasteiger partial charge in [0, 0.05) is 30.9 Å². The summed E-state index contributed by atoms with van der Waals surface area (Å²) in [5.41, 5.74) is 2.18. The number of carbonyl (C=O) groups is 1. The van der Waals surface area contributed by atoms with Crippen LogP contribution in [-0.2, 0) is 11.2 Å². The van der Waals surface area contributed by atoms with Gasteiger partial charge < -0.3 is 4.74 Å². The van der Waals surface area contributed by atoms with Gasteiger partial charge in [-0.1, -0.05) is 19.1 Å². The largest absolute Gasteiger partial charge is 0.381 e. The fraction of sp³-hybridized carbons (Fsp3) is 0.412. The van der Waals surface area contributed by atoms with Crippen molar-refractivity contribution in [2.75, 3.05) is 13.2 Å². The molecule has 22 heavy (non-hydrogen) atoms. The van der Waals surface area contributed by atoms with Crippen LogP contribution < -0.4 is 0 Å². The van der Waals surface area contributed by atoms with Crippen molar-refractivity contribution < 1.29 is 13.9 Å². The van der Waals surface area contributed by atoms with Gasteiger partial charge >= 0.3 is 0 Å². The highest BCUT2D eigenvalue weighted by atomic mass is 19.1. The van der Waals surface area contributed by atoms with Crippen molar-refractivity contribution in [2.45, 2.75) is 26.2 Å². The number of benzene rings is 1. The van der Waals surface area contributed by atoms with E-state index in [0.29, 0.717) is 25.2 Å². The van der Waals surface area contributed by atoms with Crippen LogP contribution in [0.1, 0.15) is 30.1 Å². The molecular formula is C17H19FN2O2. The molecule has 1 aliphatic heterocycles. The summed E-state index contributed by atoms with van der Waals surface area (Å²) < 4.78 is 20.5. The Morgan fingerprint density at radius 1 is 1.36 bits per heavy atom. The molecule has 0 spiro atoms. The fourth-order valence-electron chi connectivity index (χ4n) is 2.74. The molecule has 0 aliphatic carbocycles. The normalized spacial score (nSPS) is 15.9. The fourth-order valence-corrected chi connectivity index (χ4v) is 2.74. The number of aryl methyl sites for hydroxylation is 1. The minimum absolute atomic E-state index is 0.0137. The quantitative estimate of drug-likeness (QED) is 0.873. The number of aromatic nitrogens is 2. The molecule has 0 N–H and O–H groups in total. The van der Waals surface area contributed by atoms with Crippen LogP contribution >= 0.6 is 0 Å². The van der Waals surface area contributed by atoms with E-state index < -0.39 is 0 Å². The van der Waals surface area contributed by atoms with Gasteiger partial charge in [-0.05, 0) is 36.5 Å². The minimum Gasteiger partial charge on any atom is -0.381 e. The second kappa shape index (κ2) is 6.40. The van der Waals surface area contributed by atoms with E-state index in [9.17, 15) is 9.18 Å². The third-order valence-electron chi connectivity index (χ3n) is 4.15. The number of halogens is 1. The van der Waals surface area contributed by atoms with Crippen molar-refractivity contribution in [1.82, 2.24) is 9.78 Å². The first kappa shape index (κ1) is 14.9. The van der Waals surface area contributed by atoms with Crippen molar-refractivity contribution in [1.29, 1.82) is 0 Å². The lowest BCUT2D eigenvalue weighted by molar-refractivity contribution is 0.0475. The van der Waals surface area contributed by atoms with Gasteiger partial charge in [-0.15, -0.1) is 0 Å². The molecule has 0 atom stereocenters. The average Bonchev–Trinajstić information content (AvgIpc) is 3.05. The van der Waals surface area contributed by atoms with Crippen molar-refractivity contribution in [3.05, 3.63) is 42.0 Å². The molecule has 1 aromatic heterocycles. The number of nitrogens with zero attached hydrogens (tertiary/aromatic N) is 2. The summed E-state index contributed by atoms with van der Waals surface area (Å²) in [4.78, 5) is 12.4. The maximum absolute atomic E-state index is 13.9. The van der Waals surface area contributed by atoms with E-state index in [-0.39, 0.29) is 17.6 Å². The van der Waals surface area contributed by atoms with Crippen molar-refractivity contribution in [2.24, 2.45) is 5.92 Å². The minimum atomic E-state index is -0.219. The summed E-state index contributed by atoms with van der Waals surface area (Å²) in [7, 11) is 0. The molecular weight excluding hydrogens is 283 g/mol. The molecule has 0 radical (unpaired) electrons. The third kappa shape index (κ3) is 2.95. The molecule has 0 unspecified atom stereocenters. The molecule has 2 heterocycles. The Balaban J connectivity index is 1.81. The van der Waals surface area contributed by atoms with Gasteiger partial charge in [0.1, 0.15) is 5.82 Å². The summed E-state index contributed by atoms with van der Waals surface area (Å²) >= 11 is 0. The van der Waals surface area contributed by atoms with Gasteiger partial charge in [0.15, 0.2) is 0 Å². The maximum Gasteiger partial charge on any atom is 0.250 e. The number of hydrogen-bond donors (Lipinski definition) is 0. The summed E-state index contributed by atoms with van der Waals surface area (Å²) in [6.07, 6.45) is 5.41. The van der Waals surface area contributed by atoms with E-state index in [1.807, 2.05) is 13.0 Å². The smallest absolute Gasteiger partial charge is 0.250 e. The Bertz CT molecular complexity index is 675. The van der Waals surface area contributed by atoms with E-state index in [2.05, 4.69) is 5.10 Å². The zero-order valence-corrected chi connectivity index (χ0v) is 12.6. The highest BCUT2D eigenvalue weighted by Crippen LogP contribution is 2.23. The molecule has 116 valence electrons. The zero-order valence-electron chi connectivity index (χ0n) is 12.6. The topological polar surface area (TPSA) is 44.1 Å². The summed E-state index contributed by atoms with van der Waals surface area (Å²) in [6.45, 7) is 3.16. The standard InChI is InChI=1S/C17H19FN2O2/c1-2-12-3-4-14(9-16(12)18)15-10-19-20(11-15)17(21)13-5-7-22-8-6-13/h3-4,9-11,13H,2,5-8H2,1H3. The molecule has 1 aliphatic rings. The molecule has 2 aromatic rings. The van der Waals surface area contributed by atoms with Gasteiger partial charge in [0.05, 0.1) is 6.20 Å². The lowest BCUT2D eigenvalue weighted by Crippen LogP contribution is -2.28. The maximum atomic E-state index is 13.9. The predicted octanol–water partition coefficient (Wildman–Crippen LogP) is 3.32. The number of rotatable bonds is 3. The van der Waals surface area contributed by atoms with Crippen molar-refractivity contribution in [3.8, 4) is 11.1 Å². The highest BCUT2D eigenvalue weighted by Gasteiger charge is 2.23. The molecule has 0 amide bonds. The van der Waals surface area contributed by atoms with Gasteiger partial charge in [0.25, 0.3) is 0 Å². The summed E-state index contributed by atoms with van der Waals surface area (Å²) in [5, 5.41) is 4.14. The first-order valence-electron chi connectivity index (χ1n) is 7.64. The van der Waals surface area contributed by atoms with Gasteiger partial charge in [-0.2, -0.15) is 5.10 Å². The molecule has 1 saturated heterocycles. The molecule has 0 bridgehead atoms. The lowest BCUT2D eigenvalue weighted by Gasteiger charge is -2.20. The van der Waals surface area contributed by atoms with Crippen LogP contribution in [0, 0.1) is 11.7 Å². The second-order valence-corrected chi connectivity index (χ2v) is 5.56. The van der Waals surface area contributed by atoms with Crippen LogP contribution in [0.5, 0.6) is 0 Å². The SMILES string of the molecule is CCc1ccc(-c2cnn(C(=O)C3CCOCC3)c2)cc1F. The second-order valence-electron chi connectivity index (χ2n) is 5.56. The monoisotopic (exact) mass is 302 g/mol. The van der Waals surface area contributed by atoms with Crippen LogP contribution in [-0.4, -0.2) is 28.9 Å². The molecule has 3 rings (SSSR count). The highest BCUT2D eigenvalue weighted by molar-refractivity contribution is 5.81. The van der Waals surface area contributed by atoms with Crippen molar-refractivity contribution in [3.63, 3.8) is 0 Å². The summed E-state index contributed by atoms with van der Waals surface area (Å²) in [5.74, 6) is -0.274. The average molecular weight is 302 g/mol. The number of carbonyl (C=O) groups excluding carboxylic acids is 1. The van der Waals surface area contributed by atoms with E-state index in [0.717, 1.165) is 24.0 Å². The Morgan fingerprint density at radius 3 is 2.82 bits per heavy atom. The van der Waals surface area contributed by atoms with Gasteiger partial charge in [-0.3, -0.25) is 4.79 Å². The Hall–Kier alpha value is -2.01. The van der Waals surface area contributed by atoms with Crippen LogP contribution in [0.2, 0.25) is 0 Å². The molecule has 5 heteroatoms. The number of hydrogen-bond acceptors (Lipinski definition) is 3. The van der Waals surface area contributed by atoms with Gasteiger partial charge in [-0.25, -0.2) is 9.07 Å². The van der Waals surface area contributed by atoms with E-state index in [1.54, 1.807) is 18.5 Å². The van der Waals surface area contributed by atoms with Crippen molar-refractivity contribution >= 4 is 5.91 Å². The van der Waals surface area contributed by atoms with E-state index in [1.165, 1.54) is 10.7 Å². The molecule has 1 aromatic carbocycles. The van der Waals surface area contributed by atoms with Crippen LogP contribution in [0.3, 0.4) is 0 Å². The Labute approximate surface area is 128 Å². The van der Waals surface area contributed by atoms with E-state index in [4.69, 9.17) is 4.74 Å². The van der Waals surface area contributed by atoms with E-state index >= 15 is 0 Å². The summed E-state index contributed by atoms with van der Waals surface area (Å²) in [6, 6.07) is 5.14. The number of ether oxygens (including phenoxy) is 1. The Kier molecular flexibility index (Phi) is 4.34. The van der Waals surface area contributed by atoms with Gasteiger partial charge in [0.2, 0.25) is 5.91 Å². The van der Waals surface area contributed by atoms with Crippen LogP contribution in [0.15, 0.2) is 30.6 Å². The lowest BCUT2D eigenvalue weighted by atomic mass is 9.99. The first-order valence-corrected chi connectivity index (χ1v) is 7.64. The first-order chi connectivity index (χ1) is 10.7. The predicted molar refractivity (Wildman–Crippen MR) is 81.2 cm³/mol. The molecule has 4 nitrogen and oxygen atoms in total. The molecule has 1 fully saturated rings. The molecule has 0 saturated carbocycles.